The summed E-state index contributed by atoms with van der Waals surface area (Å²) in [5.74, 6) is 0. The van der Waals surface area contributed by atoms with E-state index in [1.807, 2.05) is 49.4 Å². The van der Waals surface area contributed by atoms with Crippen molar-refractivity contribution in [2.45, 2.75) is 51.4 Å². The van der Waals surface area contributed by atoms with Crippen LogP contribution in [0.4, 0.5) is 4.79 Å². The van der Waals surface area contributed by atoms with Gasteiger partial charge in [0.05, 0.1) is 17.3 Å². The van der Waals surface area contributed by atoms with Gasteiger partial charge in [-0.3, -0.25) is 4.98 Å². The number of aromatic nitrogens is 1. The summed E-state index contributed by atoms with van der Waals surface area (Å²) < 4.78 is 5.53. The van der Waals surface area contributed by atoms with Crippen LogP contribution in [0.2, 0.25) is 0 Å². The normalized spacial score (nSPS) is 19.2. The number of pyridine rings is 1. The summed E-state index contributed by atoms with van der Waals surface area (Å²) in [6.07, 6.45) is 2.43. The lowest BCUT2D eigenvalue weighted by Gasteiger charge is -2.37. The zero-order valence-electron chi connectivity index (χ0n) is 15.6. The van der Waals surface area contributed by atoms with E-state index in [1.54, 1.807) is 24.9 Å². The largest absolute Gasteiger partial charge is 0.446 e. The van der Waals surface area contributed by atoms with Gasteiger partial charge in [0.15, 0.2) is 0 Å². The lowest BCUT2D eigenvalue weighted by atomic mass is 9.97. The van der Waals surface area contributed by atoms with Crippen molar-refractivity contribution in [2.24, 2.45) is 0 Å². The fraction of sp³-hybridized carbons (Fsp3) is 0.429. The SMILES string of the molecule is CC(c1ccc(-c2ccccn2)cc1)N1CCC(CC(C)(C)O)OC1=O. The fourth-order valence-electron chi connectivity index (χ4n) is 3.34. The summed E-state index contributed by atoms with van der Waals surface area (Å²) in [5, 5.41) is 9.92. The van der Waals surface area contributed by atoms with Gasteiger partial charge < -0.3 is 14.7 Å². The van der Waals surface area contributed by atoms with Gasteiger partial charge in [0, 0.05) is 31.1 Å². The van der Waals surface area contributed by atoms with Crippen LogP contribution in [-0.4, -0.2) is 39.3 Å². The maximum absolute atomic E-state index is 12.4. The van der Waals surface area contributed by atoms with E-state index in [4.69, 9.17) is 4.74 Å². The second-order valence-corrected chi connectivity index (χ2v) is 7.52. The van der Waals surface area contributed by atoms with Crippen molar-refractivity contribution >= 4 is 6.09 Å². The molecule has 0 radical (unpaired) electrons. The van der Waals surface area contributed by atoms with Gasteiger partial charge in [-0.25, -0.2) is 4.79 Å². The highest BCUT2D eigenvalue weighted by Crippen LogP contribution is 2.29. The first-order valence-corrected chi connectivity index (χ1v) is 9.04. The van der Waals surface area contributed by atoms with Crippen LogP contribution in [-0.2, 0) is 4.74 Å². The second kappa shape index (κ2) is 7.46. The van der Waals surface area contributed by atoms with Crippen molar-refractivity contribution < 1.29 is 14.6 Å². The topological polar surface area (TPSA) is 62.7 Å². The third kappa shape index (κ3) is 4.41. The van der Waals surface area contributed by atoms with Crippen LogP contribution in [0, 0.1) is 0 Å². The van der Waals surface area contributed by atoms with Crippen molar-refractivity contribution in [2.75, 3.05) is 6.54 Å². The molecular formula is C21H26N2O3. The van der Waals surface area contributed by atoms with Gasteiger partial charge in [-0.05, 0) is 38.5 Å². The van der Waals surface area contributed by atoms with Crippen LogP contribution in [0.1, 0.15) is 45.2 Å². The monoisotopic (exact) mass is 354 g/mol. The van der Waals surface area contributed by atoms with Crippen LogP contribution in [0.25, 0.3) is 11.3 Å². The molecule has 0 saturated carbocycles. The molecule has 26 heavy (non-hydrogen) atoms. The average molecular weight is 354 g/mol. The number of hydrogen-bond acceptors (Lipinski definition) is 4. The minimum absolute atomic E-state index is 0.0663. The molecule has 0 aliphatic carbocycles. The maximum Gasteiger partial charge on any atom is 0.410 e. The number of carbonyl (C=O) groups excluding carboxylic acids is 1. The van der Waals surface area contributed by atoms with E-state index in [0.29, 0.717) is 13.0 Å². The number of benzene rings is 1. The highest BCUT2D eigenvalue weighted by atomic mass is 16.6. The number of hydrogen-bond donors (Lipinski definition) is 1. The Bertz CT molecular complexity index is 738. The summed E-state index contributed by atoms with van der Waals surface area (Å²) in [7, 11) is 0. The molecule has 1 amide bonds. The van der Waals surface area contributed by atoms with Crippen molar-refractivity contribution in [1.29, 1.82) is 0 Å². The highest BCUT2D eigenvalue weighted by Gasteiger charge is 2.33. The minimum Gasteiger partial charge on any atom is -0.446 e. The van der Waals surface area contributed by atoms with E-state index >= 15 is 0 Å². The van der Waals surface area contributed by atoms with Gasteiger partial charge in [-0.1, -0.05) is 30.3 Å². The summed E-state index contributed by atoms with van der Waals surface area (Å²) in [5.41, 5.74) is 2.20. The number of rotatable bonds is 5. The van der Waals surface area contributed by atoms with Crippen molar-refractivity contribution in [1.82, 2.24) is 9.88 Å². The van der Waals surface area contributed by atoms with E-state index in [1.165, 1.54) is 0 Å². The van der Waals surface area contributed by atoms with E-state index in [9.17, 15) is 9.90 Å². The number of ether oxygens (including phenoxy) is 1. The van der Waals surface area contributed by atoms with E-state index in [-0.39, 0.29) is 18.2 Å². The lowest BCUT2D eigenvalue weighted by molar-refractivity contribution is -0.0309. The number of carbonyl (C=O) groups is 1. The van der Waals surface area contributed by atoms with E-state index in [0.717, 1.165) is 23.2 Å². The molecule has 3 rings (SSSR count). The Morgan fingerprint density at radius 2 is 2.00 bits per heavy atom. The molecule has 0 spiro atoms. The summed E-state index contributed by atoms with van der Waals surface area (Å²) in [4.78, 5) is 18.5. The molecule has 2 heterocycles. The molecule has 138 valence electrons. The van der Waals surface area contributed by atoms with Gasteiger partial charge in [-0.15, -0.1) is 0 Å². The average Bonchev–Trinajstić information content (AvgIpc) is 2.61. The predicted octanol–water partition coefficient (Wildman–Crippen LogP) is 4.18. The van der Waals surface area contributed by atoms with Gasteiger partial charge in [0.25, 0.3) is 0 Å². The van der Waals surface area contributed by atoms with Crippen LogP contribution < -0.4 is 0 Å². The summed E-state index contributed by atoms with van der Waals surface area (Å²) in [6.45, 7) is 6.11. The van der Waals surface area contributed by atoms with E-state index in [2.05, 4.69) is 4.98 Å². The number of amides is 1. The molecular weight excluding hydrogens is 328 g/mol. The molecule has 2 atom stereocenters. The predicted molar refractivity (Wildman–Crippen MR) is 101 cm³/mol. The molecule has 1 aliphatic heterocycles. The molecule has 1 aliphatic rings. The lowest BCUT2D eigenvalue weighted by Crippen LogP contribution is -2.45. The highest BCUT2D eigenvalue weighted by molar-refractivity contribution is 5.69. The summed E-state index contributed by atoms with van der Waals surface area (Å²) in [6, 6.07) is 13.9. The number of cyclic esters (lactones) is 1. The Kier molecular flexibility index (Phi) is 5.28. The molecule has 1 aromatic carbocycles. The van der Waals surface area contributed by atoms with Gasteiger partial charge >= 0.3 is 6.09 Å². The number of nitrogens with zero attached hydrogens (tertiary/aromatic N) is 2. The molecule has 1 saturated heterocycles. The Labute approximate surface area is 154 Å². The Hall–Kier alpha value is -2.40. The first-order valence-electron chi connectivity index (χ1n) is 9.04. The van der Waals surface area contributed by atoms with Crippen molar-refractivity contribution in [3.63, 3.8) is 0 Å². The van der Waals surface area contributed by atoms with Gasteiger partial charge in [0.1, 0.15) is 6.10 Å². The van der Waals surface area contributed by atoms with Crippen LogP contribution in [0.3, 0.4) is 0 Å². The zero-order chi connectivity index (χ0) is 18.7. The van der Waals surface area contributed by atoms with Crippen LogP contribution >= 0.6 is 0 Å². The van der Waals surface area contributed by atoms with Crippen LogP contribution in [0.15, 0.2) is 48.7 Å². The van der Waals surface area contributed by atoms with E-state index < -0.39 is 5.60 Å². The third-order valence-corrected chi connectivity index (χ3v) is 4.74. The van der Waals surface area contributed by atoms with Crippen molar-refractivity contribution in [3.8, 4) is 11.3 Å². The molecule has 1 N–H and O–H groups in total. The Balaban J connectivity index is 1.66. The van der Waals surface area contributed by atoms with Crippen molar-refractivity contribution in [3.05, 3.63) is 54.2 Å². The molecule has 1 fully saturated rings. The molecule has 2 unspecified atom stereocenters. The second-order valence-electron chi connectivity index (χ2n) is 7.52. The standard InChI is InChI=1S/C21H26N2O3/c1-15(23-13-11-18(26-20(23)24)14-21(2,3)25)16-7-9-17(10-8-16)19-6-4-5-12-22-19/h4-10,12,15,18,25H,11,13-14H2,1-3H3. The fourth-order valence-corrected chi connectivity index (χ4v) is 3.34. The molecule has 2 aromatic rings. The smallest absolute Gasteiger partial charge is 0.410 e. The Morgan fingerprint density at radius 3 is 2.58 bits per heavy atom. The first kappa shape index (κ1) is 18.4. The third-order valence-electron chi connectivity index (χ3n) is 4.74. The summed E-state index contributed by atoms with van der Waals surface area (Å²) >= 11 is 0. The van der Waals surface area contributed by atoms with Gasteiger partial charge in [0.2, 0.25) is 0 Å². The molecule has 1 aromatic heterocycles. The van der Waals surface area contributed by atoms with Gasteiger partial charge in [-0.2, -0.15) is 0 Å². The zero-order valence-corrected chi connectivity index (χ0v) is 15.6. The Morgan fingerprint density at radius 1 is 1.27 bits per heavy atom. The molecule has 5 heteroatoms. The number of aliphatic hydroxyl groups is 1. The maximum atomic E-state index is 12.4. The van der Waals surface area contributed by atoms with Crippen LogP contribution in [0.5, 0.6) is 0 Å². The molecule has 5 nitrogen and oxygen atoms in total. The first-order chi connectivity index (χ1) is 12.3. The quantitative estimate of drug-likeness (QED) is 0.875. The molecule has 0 bridgehead atoms. The minimum atomic E-state index is -0.833.